The van der Waals surface area contributed by atoms with Crippen LogP contribution in [0.3, 0.4) is 0 Å². The number of aromatic nitrogens is 4. The van der Waals surface area contributed by atoms with Gasteiger partial charge in [-0.15, -0.1) is 10.2 Å². The van der Waals surface area contributed by atoms with Gasteiger partial charge in [0.25, 0.3) is 5.56 Å². The van der Waals surface area contributed by atoms with E-state index in [-0.39, 0.29) is 18.0 Å². The maximum Gasteiger partial charge on any atom is 0.253 e. The summed E-state index contributed by atoms with van der Waals surface area (Å²) < 4.78 is 6.81. The molecular weight excluding hydrogens is 408 g/mol. The van der Waals surface area contributed by atoms with Crippen molar-refractivity contribution in [1.29, 1.82) is 0 Å². The lowest BCUT2D eigenvalue weighted by Gasteiger charge is -2.35. The Balaban J connectivity index is 1.33. The molecule has 0 atom stereocenters. The second-order valence-electron chi connectivity index (χ2n) is 7.60. The number of ether oxygens (including phenoxy) is 1. The van der Waals surface area contributed by atoms with E-state index in [2.05, 4.69) is 20.1 Å². The first kappa shape index (κ1) is 21.5. The summed E-state index contributed by atoms with van der Waals surface area (Å²) in [5.74, 6) is 1.52. The molecule has 0 saturated carbocycles. The summed E-state index contributed by atoms with van der Waals surface area (Å²) in [7, 11) is 0. The Hall–Kier alpha value is -3.75. The Morgan fingerprint density at radius 1 is 1.03 bits per heavy atom. The molecule has 9 heteroatoms. The van der Waals surface area contributed by atoms with Crippen LogP contribution >= 0.6 is 0 Å². The minimum atomic E-state index is -0.215. The first-order valence-corrected chi connectivity index (χ1v) is 10.7. The van der Waals surface area contributed by atoms with Gasteiger partial charge in [-0.1, -0.05) is 0 Å². The molecule has 0 aliphatic carbocycles. The third kappa shape index (κ3) is 4.93. The molecule has 1 amide bonds. The number of rotatable bonds is 6. The molecule has 1 aliphatic heterocycles. The van der Waals surface area contributed by atoms with Crippen LogP contribution in [0.15, 0.2) is 53.6 Å². The normalized spacial score (nSPS) is 13.8. The molecule has 0 radical (unpaired) electrons. The number of carbonyl (C=O) groups excluding carboxylic acids is 1. The number of carbonyl (C=O) groups is 1. The second kappa shape index (κ2) is 9.59. The molecule has 4 rings (SSSR count). The van der Waals surface area contributed by atoms with Crippen LogP contribution in [0.1, 0.15) is 12.6 Å². The summed E-state index contributed by atoms with van der Waals surface area (Å²) in [6.45, 7) is 6.78. The van der Waals surface area contributed by atoms with Gasteiger partial charge in [-0.25, -0.2) is 4.98 Å². The maximum atomic E-state index is 12.6. The highest BCUT2D eigenvalue weighted by Crippen LogP contribution is 2.22. The number of benzene rings is 1. The molecule has 32 heavy (non-hydrogen) atoms. The largest absolute Gasteiger partial charge is 0.494 e. The zero-order chi connectivity index (χ0) is 22.5. The van der Waals surface area contributed by atoms with E-state index in [1.165, 1.54) is 17.0 Å². The molecule has 166 valence electrons. The first-order chi connectivity index (χ1) is 15.5. The Morgan fingerprint density at radius 3 is 2.41 bits per heavy atom. The average Bonchev–Trinajstić information content (AvgIpc) is 2.82. The molecular formula is C23H26N6O3. The van der Waals surface area contributed by atoms with Crippen LogP contribution in [0, 0.1) is 6.92 Å². The van der Waals surface area contributed by atoms with Crippen LogP contribution < -0.4 is 15.2 Å². The lowest BCUT2D eigenvalue weighted by atomic mass is 10.1. The maximum absolute atomic E-state index is 12.6. The standard InChI is InChI=1S/C23H26N6O3/c1-3-32-19-6-4-18(5-7-19)20-8-9-21(26-25-20)27-10-12-28(13-11-27)23(31)15-29-16-24-17(2)14-22(29)30/h4-9,14,16H,3,10-13,15H2,1-2H3. The molecule has 1 aromatic carbocycles. The summed E-state index contributed by atoms with van der Waals surface area (Å²) in [5.41, 5.74) is 2.20. The van der Waals surface area contributed by atoms with Gasteiger partial charge in [0, 0.05) is 43.5 Å². The van der Waals surface area contributed by atoms with Gasteiger partial charge in [-0.3, -0.25) is 14.2 Å². The van der Waals surface area contributed by atoms with E-state index in [1.807, 2.05) is 43.3 Å². The van der Waals surface area contributed by atoms with Crippen molar-refractivity contribution in [2.24, 2.45) is 0 Å². The zero-order valence-corrected chi connectivity index (χ0v) is 18.3. The number of piperazine rings is 1. The smallest absolute Gasteiger partial charge is 0.253 e. The van der Waals surface area contributed by atoms with Crippen LogP contribution in [0.2, 0.25) is 0 Å². The Bertz CT molecular complexity index is 1120. The SMILES string of the molecule is CCOc1ccc(-c2ccc(N3CCN(C(=O)Cn4cnc(C)cc4=O)CC3)nn2)cc1. The van der Waals surface area contributed by atoms with Gasteiger partial charge in [0.15, 0.2) is 5.82 Å². The van der Waals surface area contributed by atoms with Gasteiger partial charge < -0.3 is 14.5 Å². The summed E-state index contributed by atoms with van der Waals surface area (Å²) in [4.78, 5) is 32.6. The molecule has 0 bridgehead atoms. The summed E-state index contributed by atoms with van der Waals surface area (Å²) in [6, 6.07) is 13.1. The van der Waals surface area contributed by atoms with E-state index in [4.69, 9.17) is 4.74 Å². The van der Waals surface area contributed by atoms with Gasteiger partial charge >= 0.3 is 0 Å². The van der Waals surface area contributed by atoms with Crippen molar-refractivity contribution in [2.75, 3.05) is 37.7 Å². The van der Waals surface area contributed by atoms with Crippen molar-refractivity contribution in [3.05, 3.63) is 64.8 Å². The third-order valence-electron chi connectivity index (χ3n) is 5.39. The number of amides is 1. The number of hydrogen-bond donors (Lipinski definition) is 0. The Labute approximate surface area is 186 Å². The lowest BCUT2D eigenvalue weighted by molar-refractivity contribution is -0.132. The van der Waals surface area contributed by atoms with Crippen molar-refractivity contribution in [3.63, 3.8) is 0 Å². The molecule has 0 unspecified atom stereocenters. The molecule has 1 fully saturated rings. The van der Waals surface area contributed by atoms with Crippen molar-refractivity contribution < 1.29 is 9.53 Å². The van der Waals surface area contributed by atoms with Crippen molar-refractivity contribution in [3.8, 4) is 17.0 Å². The Morgan fingerprint density at radius 2 is 1.78 bits per heavy atom. The summed E-state index contributed by atoms with van der Waals surface area (Å²) >= 11 is 0. The van der Waals surface area contributed by atoms with Crippen LogP contribution in [-0.2, 0) is 11.3 Å². The minimum Gasteiger partial charge on any atom is -0.494 e. The van der Waals surface area contributed by atoms with E-state index in [1.54, 1.807) is 11.8 Å². The van der Waals surface area contributed by atoms with Crippen LogP contribution in [-0.4, -0.2) is 63.3 Å². The molecule has 9 nitrogen and oxygen atoms in total. The van der Waals surface area contributed by atoms with Gasteiger partial charge in [0.1, 0.15) is 12.3 Å². The monoisotopic (exact) mass is 434 g/mol. The van der Waals surface area contributed by atoms with Crippen molar-refractivity contribution >= 4 is 11.7 Å². The number of nitrogens with zero attached hydrogens (tertiary/aromatic N) is 6. The predicted octanol–water partition coefficient (Wildman–Crippen LogP) is 1.76. The van der Waals surface area contributed by atoms with Crippen molar-refractivity contribution in [2.45, 2.75) is 20.4 Å². The van der Waals surface area contributed by atoms with E-state index in [9.17, 15) is 9.59 Å². The first-order valence-electron chi connectivity index (χ1n) is 10.7. The second-order valence-corrected chi connectivity index (χ2v) is 7.60. The molecule has 3 heterocycles. The fourth-order valence-corrected chi connectivity index (χ4v) is 3.60. The van der Waals surface area contributed by atoms with E-state index in [0.29, 0.717) is 38.5 Å². The Kier molecular flexibility index (Phi) is 6.44. The summed E-state index contributed by atoms with van der Waals surface area (Å²) in [5, 5.41) is 8.75. The molecule has 3 aromatic rings. The van der Waals surface area contributed by atoms with Gasteiger partial charge in [0.2, 0.25) is 5.91 Å². The number of hydrogen-bond acceptors (Lipinski definition) is 7. The quantitative estimate of drug-likeness (QED) is 0.584. The third-order valence-corrected chi connectivity index (χ3v) is 5.39. The van der Waals surface area contributed by atoms with Gasteiger partial charge in [-0.2, -0.15) is 0 Å². The molecule has 0 N–H and O–H groups in total. The van der Waals surface area contributed by atoms with Crippen LogP contribution in [0.5, 0.6) is 5.75 Å². The molecule has 2 aromatic heterocycles. The lowest BCUT2D eigenvalue weighted by Crippen LogP contribution is -2.50. The van der Waals surface area contributed by atoms with Gasteiger partial charge in [0.05, 0.1) is 18.6 Å². The van der Waals surface area contributed by atoms with Crippen LogP contribution in [0.25, 0.3) is 11.3 Å². The molecule has 0 spiro atoms. The average molecular weight is 435 g/mol. The fourth-order valence-electron chi connectivity index (χ4n) is 3.60. The predicted molar refractivity (Wildman–Crippen MR) is 121 cm³/mol. The fraction of sp³-hybridized carbons (Fsp3) is 0.348. The van der Waals surface area contributed by atoms with Crippen LogP contribution in [0.4, 0.5) is 5.82 Å². The van der Waals surface area contributed by atoms with Crippen molar-refractivity contribution in [1.82, 2.24) is 24.6 Å². The van der Waals surface area contributed by atoms with E-state index in [0.717, 1.165) is 22.8 Å². The highest BCUT2D eigenvalue weighted by molar-refractivity contribution is 5.76. The molecule has 1 aliphatic rings. The summed E-state index contributed by atoms with van der Waals surface area (Å²) in [6.07, 6.45) is 1.42. The van der Waals surface area contributed by atoms with Gasteiger partial charge in [-0.05, 0) is 50.2 Å². The number of anilines is 1. The molecule has 1 saturated heterocycles. The zero-order valence-electron chi connectivity index (χ0n) is 18.3. The number of aryl methyl sites for hydroxylation is 1. The topological polar surface area (TPSA) is 93.5 Å². The minimum absolute atomic E-state index is 0.00268. The van der Waals surface area contributed by atoms with E-state index >= 15 is 0 Å². The van der Waals surface area contributed by atoms with E-state index < -0.39 is 0 Å². The highest BCUT2D eigenvalue weighted by atomic mass is 16.5. The highest BCUT2D eigenvalue weighted by Gasteiger charge is 2.22.